The van der Waals surface area contributed by atoms with Gasteiger partial charge in [-0.05, 0) is 24.8 Å². The van der Waals surface area contributed by atoms with Crippen LogP contribution in [0, 0.1) is 11.7 Å². The van der Waals surface area contributed by atoms with Crippen molar-refractivity contribution < 1.29 is 14.0 Å². The molecule has 1 saturated heterocycles. The summed E-state index contributed by atoms with van der Waals surface area (Å²) in [6.07, 6.45) is 2.58. The third kappa shape index (κ3) is 4.14. The van der Waals surface area contributed by atoms with Gasteiger partial charge in [-0.3, -0.25) is 9.59 Å². The van der Waals surface area contributed by atoms with Crippen LogP contribution in [-0.2, 0) is 4.79 Å². The Morgan fingerprint density at radius 3 is 2.76 bits per heavy atom. The molecule has 0 radical (unpaired) electrons. The summed E-state index contributed by atoms with van der Waals surface area (Å²) in [6, 6.07) is 1.11. The largest absolute Gasteiger partial charge is 0.356 e. The molecule has 0 bridgehead atoms. The molecular weight excluding hydrogens is 297 g/mol. The summed E-state index contributed by atoms with van der Waals surface area (Å²) in [5.41, 5.74) is 0.0944. The lowest BCUT2D eigenvalue weighted by molar-refractivity contribution is -0.119. The van der Waals surface area contributed by atoms with E-state index in [1.165, 1.54) is 6.92 Å². The molecule has 0 aliphatic carbocycles. The van der Waals surface area contributed by atoms with E-state index < -0.39 is 5.82 Å². The monoisotopic (exact) mass is 313 g/mol. The Morgan fingerprint density at radius 1 is 1.48 bits per heavy atom. The first kappa shape index (κ1) is 15.7. The number of piperidine rings is 1. The van der Waals surface area contributed by atoms with E-state index in [1.54, 1.807) is 4.90 Å². The van der Waals surface area contributed by atoms with Crippen LogP contribution in [0.2, 0.25) is 5.15 Å². The normalized spacial score (nSPS) is 15.9. The lowest BCUT2D eigenvalue weighted by Gasteiger charge is -2.32. The number of carbonyl (C=O) groups is 2. The summed E-state index contributed by atoms with van der Waals surface area (Å²) >= 11 is 5.85. The fraction of sp³-hybridized carbons (Fsp3) is 0.500. The van der Waals surface area contributed by atoms with Gasteiger partial charge in [-0.15, -0.1) is 0 Å². The molecule has 1 N–H and O–H groups in total. The molecule has 2 rings (SSSR count). The second-order valence-corrected chi connectivity index (χ2v) is 5.52. The molecule has 7 heteroatoms. The molecular formula is C14H17ClFN3O2. The van der Waals surface area contributed by atoms with Gasteiger partial charge in [-0.2, -0.15) is 0 Å². The number of aromatic nitrogens is 1. The number of carbonyl (C=O) groups excluding carboxylic acids is 2. The number of nitrogens with one attached hydrogen (secondary N) is 1. The molecule has 1 aromatic rings. The summed E-state index contributed by atoms with van der Waals surface area (Å²) < 4.78 is 13.2. The van der Waals surface area contributed by atoms with Gasteiger partial charge < -0.3 is 10.2 Å². The number of halogens is 2. The van der Waals surface area contributed by atoms with Crippen LogP contribution in [-0.4, -0.2) is 41.3 Å². The number of hydrogen-bond acceptors (Lipinski definition) is 3. The Labute approximate surface area is 127 Å². The molecule has 0 atom stereocenters. The van der Waals surface area contributed by atoms with E-state index in [0.717, 1.165) is 25.1 Å². The second-order valence-electron chi connectivity index (χ2n) is 5.16. The van der Waals surface area contributed by atoms with Gasteiger partial charge in [0.1, 0.15) is 11.0 Å². The van der Waals surface area contributed by atoms with Gasteiger partial charge in [0, 0.05) is 26.6 Å². The first-order valence-corrected chi connectivity index (χ1v) is 7.20. The Morgan fingerprint density at radius 2 is 2.14 bits per heavy atom. The Hall–Kier alpha value is -1.69. The van der Waals surface area contributed by atoms with Crippen LogP contribution in [0.15, 0.2) is 12.3 Å². The van der Waals surface area contributed by atoms with Crippen LogP contribution in [0.3, 0.4) is 0 Å². The predicted octanol–water partition coefficient (Wildman–Crippen LogP) is 1.86. The van der Waals surface area contributed by atoms with Crippen molar-refractivity contribution in [3.63, 3.8) is 0 Å². The molecule has 21 heavy (non-hydrogen) atoms. The SMILES string of the molecule is CC(=O)NCC1CCN(C(=O)c2cc(F)cnc2Cl)CC1. The zero-order valence-corrected chi connectivity index (χ0v) is 12.5. The highest BCUT2D eigenvalue weighted by atomic mass is 35.5. The standard InChI is InChI=1S/C14H17ClFN3O2/c1-9(20)17-7-10-2-4-19(5-3-10)14(21)12-6-11(16)8-18-13(12)15/h6,8,10H,2-5,7H2,1H3,(H,17,20). The third-order valence-electron chi connectivity index (χ3n) is 3.58. The van der Waals surface area contributed by atoms with Gasteiger partial charge in [0.2, 0.25) is 5.91 Å². The van der Waals surface area contributed by atoms with Crippen LogP contribution in [0.25, 0.3) is 0 Å². The van der Waals surface area contributed by atoms with Crippen molar-refractivity contribution in [3.05, 3.63) is 28.8 Å². The van der Waals surface area contributed by atoms with Crippen LogP contribution in [0.1, 0.15) is 30.1 Å². The second kappa shape index (κ2) is 6.85. The first-order chi connectivity index (χ1) is 9.97. The van der Waals surface area contributed by atoms with Crippen molar-refractivity contribution in [1.82, 2.24) is 15.2 Å². The van der Waals surface area contributed by atoms with Crippen LogP contribution >= 0.6 is 11.6 Å². The van der Waals surface area contributed by atoms with Crippen molar-refractivity contribution in [3.8, 4) is 0 Å². The fourth-order valence-corrected chi connectivity index (χ4v) is 2.56. The molecule has 0 unspecified atom stereocenters. The smallest absolute Gasteiger partial charge is 0.257 e. The number of pyridine rings is 1. The lowest BCUT2D eigenvalue weighted by atomic mass is 9.96. The Kier molecular flexibility index (Phi) is 5.12. The van der Waals surface area contributed by atoms with Gasteiger partial charge in [0.15, 0.2) is 0 Å². The maximum absolute atomic E-state index is 13.2. The number of amides is 2. The molecule has 1 aliphatic heterocycles. The summed E-state index contributed by atoms with van der Waals surface area (Å²) in [4.78, 5) is 28.5. The zero-order chi connectivity index (χ0) is 15.4. The average molecular weight is 314 g/mol. The van der Waals surface area contributed by atoms with Crippen molar-refractivity contribution in [2.75, 3.05) is 19.6 Å². The maximum Gasteiger partial charge on any atom is 0.257 e. The molecule has 0 spiro atoms. The molecule has 0 aromatic carbocycles. The summed E-state index contributed by atoms with van der Waals surface area (Å²) in [7, 11) is 0. The molecule has 0 saturated carbocycles. The van der Waals surface area contributed by atoms with E-state index in [0.29, 0.717) is 25.6 Å². The van der Waals surface area contributed by atoms with Gasteiger partial charge >= 0.3 is 0 Å². The molecule has 1 aliphatic rings. The molecule has 114 valence electrons. The van der Waals surface area contributed by atoms with E-state index >= 15 is 0 Å². The highest BCUT2D eigenvalue weighted by Gasteiger charge is 2.25. The highest BCUT2D eigenvalue weighted by Crippen LogP contribution is 2.21. The minimum Gasteiger partial charge on any atom is -0.356 e. The zero-order valence-electron chi connectivity index (χ0n) is 11.7. The van der Waals surface area contributed by atoms with E-state index in [2.05, 4.69) is 10.3 Å². The predicted molar refractivity (Wildman–Crippen MR) is 76.5 cm³/mol. The van der Waals surface area contributed by atoms with Crippen molar-refractivity contribution in [1.29, 1.82) is 0 Å². The quantitative estimate of drug-likeness (QED) is 0.866. The maximum atomic E-state index is 13.2. The minimum absolute atomic E-state index is 0.0155. The molecule has 2 amide bonds. The fourth-order valence-electron chi connectivity index (χ4n) is 2.37. The minimum atomic E-state index is -0.580. The van der Waals surface area contributed by atoms with Crippen molar-refractivity contribution in [2.45, 2.75) is 19.8 Å². The molecule has 2 heterocycles. The van der Waals surface area contributed by atoms with Crippen LogP contribution in [0.4, 0.5) is 4.39 Å². The van der Waals surface area contributed by atoms with Gasteiger partial charge in [0.05, 0.1) is 11.8 Å². The number of likely N-dealkylation sites (tertiary alicyclic amines) is 1. The summed E-state index contributed by atoms with van der Waals surface area (Å²) in [5, 5.41) is 2.80. The van der Waals surface area contributed by atoms with Crippen molar-refractivity contribution >= 4 is 23.4 Å². The number of hydrogen-bond donors (Lipinski definition) is 1. The van der Waals surface area contributed by atoms with E-state index in [-0.39, 0.29) is 22.5 Å². The first-order valence-electron chi connectivity index (χ1n) is 6.82. The summed E-state index contributed by atoms with van der Waals surface area (Å²) in [5.74, 6) is -0.571. The van der Waals surface area contributed by atoms with Gasteiger partial charge in [-0.1, -0.05) is 11.6 Å². The molecule has 1 fully saturated rings. The van der Waals surface area contributed by atoms with Crippen LogP contribution in [0.5, 0.6) is 0 Å². The van der Waals surface area contributed by atoms with E-state index in [4.69, 9.17) is 11.6 Å². The average Bonchev–Trinajstić information content (AvgIpc) is 2.47. The van der Waals surface area contributed by atoms with Gasteiger partial charge in [-0.25, -0.2) is 9.37 Å². The topological polar surface area (TPSA) is 62.3 Å². The van der Waals surface area contributed by atoms with Crippen LogP contribution < -0.4 is 5.32 Å². The Bertz CT molecular complexity index is 545. The highest BCUT2D eigenvalue weighted by molar-refractivity contribution is 6.32. The van der Waals surface area contributed by atoms with E-state index in [1.807, 2.05) is 0 Å². The van der Waals surface area contributed by atoms with E-state index in [9.17, 15) is 14.0 Å². The van der Waals surface area contributed by atoms with Crippen molar-refractivity contribution in [2.24, 2.45) is 5.92 Å². The summed E-state index contributed by atoms with van der Waals surface area (Å²) in [6.45, 7) is 3.24. The van der Waals surface area contributed by atoms with Gasteiger partial charge in [0.25, 0.3) is 5.91 Å². The lowest BCUT2D eigenvalue weighted by Crippen LogP contribution is -2.41. The molecule has 1 aromatic heterocycles. The number of rotatable bonds is 3. The third-order valence-corrected chi connectivity index (χ3v) is 3.88. The number of nitrogens with zero attached hydrogens (tertiary/aromatic N) is 2. The molecule has 5 nitrogen and oxygen atoms in total. The Balaban J connectivity index is 1.94.